The number of nitrogens with one attached hydrogen (secondary N) is 1. The fraction of sp³-hybridized carbons (Fsp3) is 0.867. The third-order valence-electron chi connectivity index (χ3n) is 5.07. The Balaban J connectivity index is 1.69. The van der Waals surface area contributed by atoms with Crippen molar-refractivity contribution in [2.45, 2.75) is 51.1 Å². The molecule has 2 aliphatic carbocycles. The van der Waals surface area contributed by atoms with Crippen LogP contribution in [-0.4, -0.2) is 36.1 Å². The third-order valence-corrected chi connectivity index (χ3v) is 5.07. The first-order valence-electron chi connectivity index (χ1n) is 7.33. The van der Waals surface area contributed by atoms with Crippen LogP contribution in [-0.2, 0) is 0 Å². The normalized spacial score (nSPS) is 40.0. The summed E-state index contributed by atoms with van der Waals surface area (Å²) in [5.41, 5.74) is 0.422. The zero-order valence-corrected chi connectivity index (χ0v) is 11.3. The molecule has 0 radical (unpaired) electrons. The second-order valence-corrected chi connectivity index (χ2v) is 6.43. The third kappa shape index (κ3) is 2.30. The van der Waals surface area contributed by atoms with Gasteiger partial charge in [-0.05, 0) is 51.4 Å². The molecule has 0 aromatic carbocycles. The van der Waals surface area contributed by atoms with Gasteiger partial charge in [0.15, 0.2) is 0 Å². The highest BCUT2D eigenvalue weighted by Crippen LogP contribution is 2.45. The minimum Gasteiger partial charge on any atom is -0.311 e. The summed E-state index contributed by atoms with van der Waals surface area (Å²) in [6.07, 6.45) is 10.3. The molecule has 3 rings (SSSR count). The summed E-state index contributed by atoms with van der Waals surface area (Å²) in [5, 5.41) is 3.83. The van der Waals surface area contributed by atoms with Crippen LogP contribution in [0.3, 0.4) is 0 Å². The van der Waals surface area contributed by atoms with Crippen molar-refractivity contribution in [2.24, 2.45) is 11.8 Å². The summed E-state index contributed by atoms with van der Waals surface area (Å²) >= 11 is 0. The number of hydrogen-bond acceptors (Lipinski definition) is 2. The summed E-state index contributed by atoms with van der Waals surface area (Å²) < 4.78 is 0. The fourth-order valence-electron chi connectivity index (χ4n) is 3.40. The van der Waals surface area contributed by atoms with Gasteiger partial charge in [-0.2, -0.15) is 0 Å². The smallest absolute Gasteiger partial charge is 0.0337 e. The van der Waals surface area contributed by atoms with Crippen molar-refractivity contribution in [3.63, 3.8) is 0 Å². The predicted octanol–water partition coefficient (Wildman–Crippen LogP) is 2.42. The van der Waals surface area contributed by atoms with Crippen LogP contribution in [0, 0.1) is 11.8 Å². The van der Waals surface area contributed by atoms with Crippen molar-refractivity contribution in [1.82, 2.24) is 10.2 Å². The van der Waals surface area contributed by atoms with E-state index in [1.54, 1.807) is 0 Å². The molecule has 2 atom stereocenters. The molecule has 2 saturated carbocycles. The molecule has 2 nitrogen and oxygen atoms in total. The average molecular weight is 234 g/mol. The Bertz CT molecular complexity index is 304. The van der Waals surface area contributed by atoms with E-state index >= 15 is 0 Å². The molecular weight excluding hydrogens is 208 g/mol. The highest BCUT2D eigenvalue weighted by Gasteiger charge is 2.49. The largest absolute Gasteiger partial charge is 0.311 e. The molecule has 0 aromatic rings. The van der Waals surface area contributed by atoms with Crippen LogP contribution in [0.15, 0.2) is 12.2 Å². The van der Waals surface area contributed by atoms with Gasteiger partial charge in [0.1, 0.15) is 0 Å². The number of piperazine rings is 1. The molecule has 0 amide bonds. The number of rotatable bonds is 4. The molecule has 96 valence electrons. The van der Waals surface area contributed by atoms with Gasteiger partial charge >= 0.3 is 0 Å². The van der Waals surface area contributed by atoms with E-state index in [0.717, 1.165) is 24.4 Å². The minimum absolute atomic E-state index is 0.422. The van der Waals surface area contributed by atoms with E-state index in [-0.39, 0.29) is 0 Å². The van der Waals surface area contributed by atoms with Crippen LogP contribution >= 0.6 is 0 Å². The summed E-state index contributed by atoms with van der Waals surface area (Å²) in [6, 6.07) is 0.770. The Kier molecular flexibility index (Phi) is 3.04. The van der Waals surface area contributed by atoms with Crippen LogP contribution in [0.5, 0.6) is 0 Å². The van der Waals surface area contributed by atoms with Gasteiger partial charge in [0.25, 0.3) is 0 Å². The van der Waals surface area contributed by atoms with Gasteiger partial charge in [0.05, 0.1) is 0 Å². The zero-order valence-electron chi connectivity index (χ0n) is 11.3. The summed E-state index contributed by atoms with van der Waals surface area (Å²) in [5.74, 6) is 1.92. The van der Waals surface area contributed by atoms with E-state index in [4.69, 9.17) is 0 Å². The summed E-state index contributed by atoms with van der Waals surface area (Å²) in [6.45, 7) is 8.23. The molecule has 3 fully saturated rings. The first-order chi connectivity index (χ1) is 8.24. The lowest BCUT2D eigenvalue weighted by molar-refractivity contribution is 0.0411. The predicted molar refractivity (Wildman–Crippen MR) is 72.0 cm³/mol. The lowest BCUT2D eigenvalue weighted by Gasteiger charge is -2.48. The molecule has 1 aliphatic heterocycles. The molecule has 0 spiro atoms. The Morgan fingerprint density at radius 2 is 2.06 bits per heavy atom. The van der Waals surface area contributed by atoms with Gasteiger partial charge in [-0.25, -0.2) is 0 Å². The Morgan fingerprint density at radius 3 is 2.65 bits per heavy atom. The van der Waals surface area contributed by atoms with Crippen LogP contribution in [0.25, 0.3) is 0 Å². The van der Waals surface area contributed by atoms with Crippen molar-refractivity contribution in [1.29, 1.82) is 0 Å². The minimum atomic E-state index is 0.422. The molecule has 1 heterocycles. The van der Waals surface area contributed by atoms with Gasteiger partial charge in [-0.1, -0.05) is 12.2 Å². The van der Waals surface area contributed by atoms with Crippen molar-refractivity contribution >= 4 is 0 Å². The van der Waals surface area contributed by atoms with Crippen LogP contribution in [0.4, 0.5) is 0 Å². The molecule has 2 unspecified atom stereocenters. The SMILES string of the molecule is C/C=C/CN1CC(C2CC2)NCC1(C)C1CC1. The molecule has 1 saturated heterocycles. The standard InChI is InChI=1S/C15H26N2/c1-3-4-9-17-10-14(12-5-6-12)16-11-15(17,2)13-7-8-13/h3-4,12-14,16H,5-11H2,1-2H3/b4-3+. The Labute approximate surface area is 105 Å². The number of hydrogen-bond donors (Lipinski definition) is 1. The summed E-state index contributed by atoms with van der Waals surface area (Å²) in [4.78, 5) is 2.75. The van der Waals surface area contributed by atoms with Crippen molar-refractivity contribution < 1.29 is 0 Å². The zero-order chi connectivity index (χ0) is 11.9. The molecule has 0 aromatic heterocycles. The lowest BCUT2D eigenvalue weighted by Crippen LogP contribution is -2.64. The van der Waals surface area contributed by atoms with Gasteiger partial charge in [-0.15, -0.1) is 0 Å². The van der Waals surface area contributed by atoms with Crippen LogP contribution in [0.2, 0.25) is 0 Å². The average Bonchev–Trinajstić information content (AvgIpc) is 3.20. The molecule has 2 heteroatoms. The number of nitrogens with zero attached hydrogens (tertiary/aromatic N) is 1. The highest BCUT2D eigenvalue weighted by molar-refractivity contribution is 5.08. The van der Waals surface area contributed by atoms with Crippen molar-refractivity contribution in [3.05, 3.63) is 12.2 Å². The quantitative estimate of drug-likeness (QED) is 0.752. The van der Waals surface area contributed by atoms with Crippen molar-refractivity contribution in [3.8, 4) is 0 Å². The van der Waals surface area contributed by atoms with Crippen molar-refractivity contribution in [2.75, 3.05) is 19.6 Å². The maximum Gasteiger partial charge on any atom is 0.0337 e. The Hall–Kier alpha value is -0.340. The topological polar surface area (TPSA) is 15.3 Å². The molecular formula is C15H26N2. The van der Waals surface area contributed by atoms with E-state index in [0.29, 0.717) is 5.54 Å². The summed E-state index contributed by atoms with van der Waals surface area (Å²) in [7, 11) is 0. The molecule has 3 aliphatic rings. The van der Waals surface area contributed by atoms with Gasteiger partial charge in [0, 0.05) is 31.2 Å². The second-order valence-electron chi connectivity index (χ2n) is 6.43. The van der Waals surface area contributed by atoms with E-state index in [1.165, 1.54) is 38.8 Å². The number of allylic oxidation sites excluding steroid dienone is 1. The second kappa shape index (κ2) is 4.40. The van der Waals surface area contributed by atoms with Gasteiger partial charge in [0.2, 0.25) is 0 Å². The maximum atomic E-state index is 3.83. The monoisotopic (exact) mass is 234 g/mol. The van der Waals surface area contributed by atoms with Crippen LogP contribution < -0.4 is 5.32 Å². The highest BCUT2D eigenvalue weighted by atomic mass is 15.3. The van der Waals surface area contributed by atoms with Gasteiger partial charge < -0.3 is 5.32 Å². The first kappa shape index (κ1) is 11.7. The Morgan fingerprint density at radius 1 is 1.29 bits per heavy atom. The molecule has 17 heavy (non-hydrogen) atoms. The maximum absolute atomic E-state index is 3.83. The van der Waals surface area contributed by atoms with E-state index in [2.05, 4.69) is 36.2 Å². The lowest BCUT2D eigenvalue weighted by atomic mass is 9.88. The van der Waals surface area contributed by atoms with E-state index < -0.39 is 0 Å². The van der Waals surface area contributed by atoms with E-state index in [1.807, 2.05) is 0 Å². The molecule has 1 N–H and O–H groups in total. The van der Waals surface area contributed by atoms with E-state index in [9.17, 15) is 0 Å². The van der Waals surface area contributed by atoms with Gasteiger partial charge in [-0.3, -0.25) is 4.90 Å². The molecule has 0 bridgehead atoms. The van der Waals surface area contributed by atoms with Crippen LogP contribution in [0.1, 0.15) is 39.5 Å². The first-order valence-corrected chi connectivity index (χ1v) is 7.33. The fourth-order valence-corrected chi connectivity index (χ4v) is 3.40.